The summed E-state index contributed by atoms with van der Waals surface area (Å²) in [4.78, 5) is 27.2. The van der Waals surface area contributed by atoms with Crippen LogP contribution in [0.1, 0.15) is 26.3 Å². The van der Waals surface area contributed by atoms with E-state index in [1.54, 1.807) is 55.6 Å². The summed E-state index contributed by atoms with van der Waals surface area (Å²) in [6.45, 7) is 0. The number of terminal acetylenes is 1. The zero-order valence-corrected chi connectivity index (χ0v) is 13.4. The van der Waals surface area contributed by atoms with Gasteiger partial charge >= 0.3 is 0 Å². The van der Waals surface area contributed by atoms with Crippen LogP contribution in [0.15, 0.2) is 54.6 Å². The van der Waals surface area contributed by atoms with Crippen LogP contribution in [0.25, 0.3) is 10.8 Å². The molecule has 0 fully saturated rings. The Balaban J connectivity index is 1.94. The number of imide groups is 1. The first-order valence-corrected chi connectivity index (χ1v) is 7.71. The van der Waals surface area contributed by atoms with E-state index < -0.39 is 0 Å². The summed E-state index contributed by atoms with van der Waals surface area (Å²) in [6, 6.07) is 15.6. The predicted molar refractivity (Wildman–Crippen MR) is 96.0 cm³/mol. The fourth-order valence-electron chi connectivity index (χ4n) is 3.19. The molecule has 4 nitrogen and oxygen atoms in total. The van der Waals surface area contributed by atoms with E-state index in [0.717, 1.165) is 5.39 Å². The maximum Gasteiger partial charge on any atom is 0.265 e. The number of carbonyl (C=O) groups is 2. The summed E-state index contributed by atoms with van der Waals surface area (Å²) in [7, 11) is 1.56. The lowest BCUT2D eigenvalue weighted by molar-refractivity contribution is 0.0893. The lowest BCUT2D eigenvalue weighted by atomic mass is 9.91. The average Bonchev–Trinajstić information content (AvgIpc) is 2.66. The van der Waals surface area contributed by atoms with Crippen LogP contribution in [0.2, 0.25) is 0 Å². The van der Waals surface area contributed by atoms with E-state index in [1.165, 1.54) is 4.90 Å². The Morgan fingerprint density at radius 2 is 1.60 bits per heavy atom. The molecule has 0 radical (unpaired) electrons. The molecule has 0 saturated carbocycles. The normalized spacial score (nSPS) is 13.0. The van der Waals surface area contributed by atoms with Gasteiger partial charge in [0.05, 0.1) is 12.8 Å². The molecule has 0 aromatic heterocycles. The summed E-state index contributed by atoms with van der Waals surface area (Å²) in [5, 5.41) is 1.37. The van der Waals surface area contributed by atoms with Crippen molar-refractivity contribution in [3.05, 3.63) is 71.3 Å². The first kappa shape index (κ1) is 15.0. The van der Waals surface area contributed by atoms with Crippen molar-refractivity contribution in [2.24, 2.45) is 0 Å². The Hall–Kier alpha value is -3.58. The van der Waals surface area contributed by atoms with E-state index >= 15 is 0 Å². The second-order valence-corrected chi connectivity index (χ2v) is 5.68. The Bertz CT molecular complexity index is 1050. The number of benzene rings is 3. The molecule has 1 aliphatic rings. The molecule has 0 spiro atoms. The second kappa shape index (κ2) is 5.50. The number of carbonyl (C=O) groups excluding carboxylic acids is 2. The number of methoxy groups -OCH3 is 1. The zero-order valence-electron chi connectivity index (χ0n) is 13.4. The van der Waals surface area contributed by atoms with Gasteiger partial charge in [-0.2, -0.15) is 0 Å². The van der Waals surface area contributed by atoms with Gasteiger partial charge < -0.3 is 4.74 Å². The number of nitrogens with zero attached hydrogens (tertiary/aromatic N) is 1. The van der Waals surface area contributed by atoms with Gasteiger partial charge in [0.1, 0.15) is 5.75 Å². The van der Waals surface area contributed by atoms with Crippen LogP contribution in [-0.4, -0.2) is 18.9 Å². The fraction of sp³-hybridized carbons (Fsp3) is 0.0476. The average molecular weight is 327 g/mol. The van der Waals surface area contributed by atoms with Gasteiger partial charge in [-0.25, -0.2) is 4.90 Å². The second-order valence-electron chi connectivity index (χ2n) is 5.68. The number of amides is 2. The van der Waals surface area contributed by atoms with Crippen LogP contribution in [0.5, 0.6) is 5.75 Å². The molecule has 2 amide bonds. The minimum Gasteiger partial charge on any atom is -0.497 e. The molecule has 0 unspecified atom stereocenters. The number of hydrogen-bond acceptors (Lipinski definition) is 3. The standard InChI is InChI=1S/C21H13NO3/c1-3-13-7-12-18-19-16(13)5-4-6-17(19)20(23)22(21(18)24)14-8-10-15(25-2)11-9-14/h1,4-12H,2H3. The van der Waals surface area contributed by atoms with Gasteiger partial charge in [0.25, 0.3) is 11.8 Å². The highest BCUT2D eigenvalue weighted by atomic mass is 16.5. The third-order valence-electron chi connectivity index (χ3n) is 4.39. The SMILES string of the molecule is C#Cc1ccc2c3c(cccc13)C(=O)N(c1ccc(OC)cc1)C2=O. The molecule has 0 bridgehead atoms. The van der Waals surface area contributed by atoms with E-state index in [0.29, 0.717) is 33.5 Å². The van der Waals surface area contributed by atoms with Crippen LogP contribution < -0.4 is 9.64 Å². The van der Waals surface area contributed by atoms with Gasteiger partial charge in [0, 0.05) is 22.1 Å². The Kier molecular flexibility index (Phi) is 3.29. The summed E-state index contributed by atoms with van der Waals surface area (Å²) < 4.78 is 5.13. The van der Waals surface area contributed by atoms with Crippen molar-refractivity contribution in [2.45, 2.75) is 0 Å². The highest BCUT2D eigenvalue weighted by Gasteiger charge is 2.34. The molecule has 0 atom stereocenters. The molecular formula is C21H13NO3. The van der Waals surface area contributed by atoms with Crippen molar-refractivity contribution in [1.29, 1.82) is 0 Å². The molecule has 4 heteroatoms. The first-order valence-electron chi connectivity index (χ1n) is 7.71. The topological polar surface area (TPSA) is 46.6 Å². The zero-order chi connectivity index (χ0) is 17.6. The fourth-order valence-corrected chi connectivity index (χ4v) is 3.19. The van der Waals surface area contributed by atoms with E-state index in [4.69, 9.17) is 11.2 Å². The van der Waals surface area contributed by atoms with Gasteiger partial charge in [0.15, 0.2) is 0 Å². The van der Waals surface area contributed by atoms with Crippen molar-refractivity contribution in [3.63, 3.8) is 0 Å². The molecule has 0 aliphatic carbocycles. The van der Waals surface area contributed by atoms with Crippen LogP contribution in [0.4, 0.5) is 5.69 Å². The molecule has 1 aliphatic heterocycles. The third kappa shape index (κ3) is 2.10. The van der Waals surface area contributed by atoms with Crippen LogP contribution in [0.3, 0.4) is 0 Å². The largest absolute Gasteiger partial charge is 0.497 e. The number of rotatable bonds is 2. The summed E-state index contributed by atoms with van der Waals surface area (Å²) in [6.07, 6.45) is 5.55. The van der Waals surface area contributed by atoms with Crippen LogP contribution >= 0.6 is 0 Å². The van der Waals surface area contributed by atoms with Crippen molar-refractivity contribution < 1.29 is 14.3 Å². The van der Waals surface area contributed by atoms with E-state index in [1.807, 2.05) is 6.07 Å². The predicted octanol–water partition coefficient (Wildman–Crippen LogP) is 3.63. The summed E-state index contributed by atoms with van der Waals surface area (Å²) >= 11 is 0. The summed E-state index contributed by atoms with van der Waals surface area (Å²) in [5.74, 6) is 2.54. The van der Waals surface area contributed by atoms with Gasteiger partial charge in [-0.3, -0.25) is 9.59 Å². The molecule has 0 N–H and O–H groups in total. The monoisotopic (exact) mass is 327 g/mol. The molecule has 25 heavy (non-hydrogen) atoms. The minimum absolute atomic E-state index is 0.359. The quantitative estimate of drug-likeness (QED) is 0.533. The number of hydrogen-bond donors (Lipinski definition) is 0. The van der Waals surface area contributed by atoms with Gasteiger partial charge in [0.2, 0.25) is 0 Å². The van der Waals surface area contributed by atoms with Crippen LogP contribution in [-0.2, 0) is 0 Å². The maximum absolute atomic E-state index is 13.0. The molecule has 3 aromatic rings. The lowest BCUT2D eigenvalue weighted by Gasteiger charge is -2.27. The van der Waals surface area contributed by atoms with Gasteiger partial charge in [-0.05, 0) is 47.9 Å². The van der Waals surface area contributed by atoms with Crippen molar-refractivity contribution in [3.8, 4) is 18.1 Å². The van der Waals surface area contributed by atoms with Crippen molar-refractivity contribution >= 4 is 28.3 Å². The summed E-state index contributed by atoms with van der Waals surface area (Å²) in [5.41, 5.74) is 2.11. The number of ether oxygens (including phenoxy) is 1. The first-order chi connectivity index (χ1) is 12.2. The molecule has 0 saturated heterocycles. The maximum atomic E-state index is 13.0. The van der Waals surface area contributed by atoms with Gasteiger partial charge in [-0.15, -0.1) is 6.42 Å². The molecule has 4 rings (SSSR count). The highest BCUT2D eigenvalue weighted by Crippen LogP contribution is 2.34. The molecule has 120 valence electrons. The minimum atomic E-state index is -0.359. The Labute approximate surface area is 144 Å². The highest BCUT2D eigenvalue weighted by molar-refractivity contribution is 6.36. The molecule has 3 aromatic carbocycles. The lowest BCUT2D eigenvalue weighted by Crippen LogP contribution is -2.40. The van der Waals surface area contributed by atoms with Gasteiger partial charge in [-0.1, -0.05) is 18.1 Å². The Morgan fingerprint density at radius 1 is 0.920 bits per heavy atom. The Morgan fingerprint density at radius 3 is 2.24 bits per heavy atom. The smallest absolute Gasteiger partial charge is 0.265 e. The third-order valence-corrected chi connectivity index (χ3v) is 4.39. The van der Waals surface area contributed by atoms with Crippen molar-refractivity contribution in [1.82, 2.24) is 0 Å². The van der Waals surface area contributed by atoms with E-state index in [2.05, 4.69) is 5.92 Å². The van der Waals surface area contributed by atoms with E-state index in [9.17, 15) is 9.59 Å². The van der Waals surface area contributed by atoms with Crippen LogP contribution in [0, 0.1) is 12.3 Å². The van der Waals surface area contributed by atoms with E-state index in [-0.39, 0.29) is 11.8 Å². The number of anilines is 1. The molecule has 1 heterocycles. The van der Waals surface area contributed by atoms with Crippen molar-refractivity contribution in [2.75, 3.05) is 12.0 Å². The molecular weight excluding hydrogens is 314 g/mol.